The van der Waals surface area contributed by atoms with Crippen LogP contribution in [0.15, 0.2) is 33.6 Å². The quantitative estimate of drug-likeness (QED) is 0.728. The number of rotatable bonds is 8. The van der Waals surface area contributed by atoms with E-state index in [1.54, 1.807) is 33.1 Å². The number of likely N-dealkylation sites (N-methyl/N-ethyl adjacent to an activating group) is 1. The minimum Gasteiger partial charge on any atom is -0.383 e. The van der Waals surface area contributed by atoms with Gasteiger partial charge in [0.1, 0.15) is 0 Å². The van der Waals surface area contributed by atoms with Crippen molar-refractivity contribution in [1.29, 1.82) is 0 Å². The average Bonchev–Trinajstić information content (AvgIpc) is 2.45. The third-order valence-corrected chi connectivity index (χ3v) is 5.41. The molecule has 124 valence electrons. The van der Waals surface area contributed by atoms with Gasteiger partial charge in [0.15, 0.2) is 0 Å². The highest BCUT2D eigenvalue weighted by molar-refractivity contribution is 9.10. The SMILES string of the molecule is CCN(CC(=O)N[C@@H](C)COC)S(=O)(=O)c1ccc(Br)cc1. The molecule has 1 atom stereocenters. The van der Waals surface area contributed by atoms with E-state index in [-0.39, 0.29) is 29.9 Å². The predicted molar refractivity (Wildman–Crippen MR) is 88.1 cm³/mol. The van der Waals surface area contributed by atoms with Gasteiger partial charge >= 0.3 is 0 Å². The Bertz CT molecular complexity index is 589. The molecule has 0 unspecified atom stereocenters. The summed E-state index contributed by atoms with van der Waals surface area (Å²) in [4.78, 5) is 12.1. The number of methoxy groups -OCH3 is 1. The van der Waals surface area contributed by atoms with Crippen molar-refractivity contribution in [2.24, 2.45) is 0 Å². The van der Waals surface area contributed by atoms with Crippen molar-refractivity contribution in [3.8, 4) is 0 Å². The molecule has 22 heavy (non-hydrogen) atoms. The molecule has 0 bridgehead atoms. The van der Waals surface area contributed by atoms with Crippen LogP contribution in [-0.4, -0.2) is 51.5 Å². The van der Waals surface area contributed by atoms with Gasteiger partial charge in [0.05, 0.1) is 18.0 Å². The molecule has 1 rings (SSSR count). The Kier molecular flexibility index (Phi) is 7.47. The van der Waals surface area contributed by atoms with E-state index in [0.717, 1.165) is 8.78 Å². The summed E-state index contributed by atoms with van der Waals surface area (Å²) in [6.07, 6.45) is 0. The highest BCUT2D eigenvalue weighted by Crippen LogP contribution is 2.18. The first kappa shape index (κ1) is 19.1. The summed E-state index contributed by atoms with van der Waals surface area (Å²) in [7, 11) is -2.15. The topological polar surface area (TPSA) is 75.7 Å². The fourth-order valence-corrected chi connectivity index (χ4v) is 3.56. The second-order valence-corrected chi connectivity index (χ2v) is 7.66. The molecule has 0 fully saturated rings. The van der Waals surface area contributed by atoms with Gasteiger partial charge in [-0.15, -0.1) is 0 Å². The molecule has 0 aliphatic carbocycles. The summed E-state index contributed by atoms with van der Waals surface area (Å²) in [5.41, 5.74) is 0. The lowest BCUT2D eigenvalue weighted by molar-refractivity contribution is -0.122. The van der Waals surface area contributed by atoms with Crippen molar-refractivity contribution in [3.05, 3.63) is 28.7 Å². The second kappa shape index (κ2) is 8.61. The van der Waals surface area contributed by atoms with Gasteiger partial charge in [0.2, 0.25) is 15.9 Å². The van der Waals surface area contributed by atoms with Crippen LogP contribution in [0.5, 0.6) is 0 Å². The molecule has 0 saturated carbocycles. The van der Waals surface area contributed by atoms with Crippen molar-refractivity contribution in [1.82, 2.24) is 9.62 Å². The van der Waals surface area contributed by atoms with E-state index in [1.165, 1.54) is 12.1 Å². The Balaban J connectivity index is 2.82. The van der Waals surface area contributed by atoms with Crippen molar-refractivity contribution < 1.29 is 17.9 Å². The van der Waals surface area contributed by atoms with Crippen LogP contribution in [-0.2, 0) is 19.6 Å². The number of hydrogen-bond donors (Lipinski definition) is 1. The fraction of sp³-hybridized carbons (Fsp3) is 0.500. The van der Waals surface area contributed by atoms with Crippen LogP contribution in [0.4, 0.5) is 0 Å². The molecular weight excluding hydrogens is 372 g/mol. The number of benzene rings is 1. The molecule has 0 aromatic heterocycles. The van der Waals surface area contributed by atoms with Gasteiger partial charge in [-0.3, -0.25) is 4.79 Å². The van der Waals surface area contributed by atoms with E-state index < -0.39 is 10.0 Å². The molecule has 1 aromatic carbocycles. The minimum absolute atomic E-state index is 0.162. The lowest BCUT2D eigenvalue weighted by Crippen LogP contribution is -2.44. The fourth-order valence-electron chi connectivity index (χ4n) is 1.89. The van der Waals surface area contributed by atoms with Crippen LogP contribution in [0.3, 0.4) is 0 Å². The number of ether oxygens (including phenoxy) is 1. The first-order valence-corrected chi connectivity index (χ1v) is 9.08. The maximum atomic E-state index is 12.5. The van der Waals surface area contributed by atoms with E-state index >= 15 is 0 Å². The maximum Gasteiger partial charge on any atom is 0.243 e. The van der Waals surface area contributed by atoms with Gasteiger partial charge in [0.25, 0.3) is 0 Å². The Morgan fingerprint density at radius 2 is 1.95 bits per heavy atom. The standard InChI is InChI=1S/C14H21BrN2O4S/c1-4-17(9-14(18)16-11(2)10-21-3)22(19,20)13-7-5-12(15)6-8-13/h5-8,11H,4,9-10H2,1-3H3,(H,16,18)/t11-/m0/s1. The van der Waals surface area contributed by atoms with Gasteiger partial charge < -0.3 is 10.1 Å². The molecule has 1 aromatic rings. The molecule has 0 heterocycles. The number of carbonyl (C=O) groups excluding carboxylic acids is 1. The van der Waals surface area contributed by atoms with Crippen LogP contribution in [0.25, 0.3) is 0 Å². The summed E-state index contributed by atoms with van der Waals surface area (Å²) in [6.45, 7) is 3.86. The molecule has 6 nitrogen and oxygen atoms in total. The molecule has 0 aliphatic heterocycles. The van der Waals surface area contributed by atoms with E-state index in [2.05, 4.69) is 21.2 Å². The molecule has 1 N–H and O–H groups in total. The Morgan fingerprint density at radius 1 is 1.36 bits per heavy atom. The zero-order valence-corrected chi connectivity index (χ0v) is 15.3. The smallest absolute Gasteiger partial charge is 0.243 e. The normalized spacial score (nSPS) is 13.1. The molecule has 0 aliphatic rings. The lowest BCUT2D eigenvalue weighted by atomic mass is 10.3. The summed E-state index contributed by atoms with van der Waals surface area (Å²) >= 11 is 3.26. The first-order valence-electron chi connectivity index (χ1n) is 6.85. The third kappa shape index (κ3) is 5.35. The van der Waals surface area contributed by atoms with Crippen LogP contribution in [0, 0.1) is 0 Å². The van der Waals surface area contributed by atoms with Crippen molar-refractivity contribution in [2.75, 3.05) is 26.8 Å². The molecule has 8 heteroatoms. The molecule has 0 spiro atoms. The summed E-state index contributed by atoms with van der Waals surface area (Å²) in [5, 5.41) is 2.70. The highest BCUT2D eigenvalue weighted by atomic mass is 79.9. The monoisotopic (exact) mass is 392 g/mol. The zero-order chi connectivity index (χ0) is 16.8. The van der Waals surface area contributed by atoms with Gasteiger partial charge in [0, 0.05) is 24.2 Å². The number of hydrogen-bond acceptors (Lipinski definition) is 4. The van der Waals surface area contributed by atoms with Gasteiger partial charge in [-0.25, -0.2) is 8.42 Å². The third-order valence-electron chi connectivity index (χ3n) is 2.95. The molecule has 0 radical (unpaired) electrons. The van der Waals surface area contributed by atoms with Gasteiger partial charge in [-0.05, 0) is 31.2 Å². The Hall–Kier alpha value is -0.960. The highest BCUT2D eigenvalue weighted by Gasteiger charge is 2.25. The molecule has 0 saturated heterocycles. The number of halogens is 1. The average molecular weight is 393 g/mol. The number of sulfonamides is 1. The van der Waals surface area contributed by atoms with Gasteiger partial charge in [-0.1, -0.05) is 22.9 Å². The summed E-state index contributed by atoms with van der Waals surface area (Å²) in [6, 6.07) is 6.15. The van der Waals surface area contributed by atoms with Crippen LogP contribution in [0.2, 0.25) is 0 Å². The van der Waals surface area contributed by atoms with Crippen LogP contribution in [0.1, 0.15) is 13.8 Å². The van der Waals surface area contributed by atoms with Crippen LogP contribution < -0.4 is 5.32 Å². The zero-order valence-electron chi connectivity index (χ0n) is 12.9. The Morgan fingerprint density at radius 3 is 2.45 bits per heavy atom. The maximum absolute atomic E-state index is 12.5. The first-order chi connectivity index (χ1) is 10.3. The lowest BCUT2D eigenvalue weighted by Gasteiger charge is -2.21. The van der Waals surface area contributed by atoms with E-state index in [9.17, 15) is 13.2 Å². The largest absolute Gasteiger partial charge is 0.383 e. The van der Waals surface area contributed by atoms with Crippen molar-refractivity contribution >= 4 is 31.9 Å². The van der Waals surface area contributed by atoms with Crippen LogP contribution >= 0.6 is 15.9 Å². The Labute approximate surface area is 140 Å². The molecular formula is C14H21BrN2O4S. The minimum atomic E-state index is -3.69. The second-order valence-electron chi connectivity index (χ2n) is 4.81. The van der Waals surface area contributed by atoms with E-state index in [4.69, 9.17) is 4.74 Å². The predicted octanol–water partition coefficient (Wildman–Crippen LogP) is 1.61. The van der Waals surface area contributed by atoms with E-state index in [1.807, 2.05) is 0 Å². The van der Waals surface area contributed by atoms with Crippen molar-refractivity contribution in [2.45, 2.75) is 24.8 Å². The van der Waals surface area contributed by atoms with E-state index in [0.29, 0.717) is 6.61 Å². The summed E-state index contributed by atoms with van der Waals surface area (Å²) < 4.78 is 31.9. The number of nitrogens with one attached hydrogen (secondary N) is 1. The number of nitrogens with zero attached hydrogens (tertiary/aromatic N) is 1. The summed E-state index contributed by atoms with van der Waals surface area (Å²) in [5.74, 6) is -0.355. The number of carbonyl (C=O) groups is 1. The van der Waals surface area contributed by atoms with Crippen molar-refractivity contribution in [3.63, 3.8) is 0 Å². The molecule has 1 amide bonds. The number of amides is 1. The van der Waals surface area contributed by atoms with Gasteiger partial charge in [-0.2, -0.15) is 4.31 Å².